The molecule has 1 aliphatic heterocycles. The van der Waals surface area contributed by atoms with Gasteiger partial charge in [0.1, 0.15) is 17.7 Å². The minimum absolute atomic E-state index is 0.0263. The van der Waals surface area contributed by atoms with Gasteiger partial charge in [-0.15, -0.1) is 5.10 Å². The van der Waals surface area contributed by atoms with Gasteiger partial charge in [0.05, 0.1) is 6.20 Å². The van der Waals surface area contributed by atoms with E-state index in [1.165, 1.54) is 4.90 Å². The Labute approximate surface area is 155 Å². The topological polar surface area (TPSA) is 109 Å². The van der Waals surface area contributed by atoms with E-state index in [-0.39, 0.29) is 11.7 Å². The molecular weight excluding hydrogens is 346 g/mol. The van der Waals surface area contributed by atoms with Gasteiger partial charge in [-0.2, -0.15) is 5.10 Å². The standard InChI is InChI=1S/C18H19N7O2/c1-24-15-7-9-19-25(15)10-8-13(18(24)27)20-17(26)16-21-14(22-23-16)11-12-5-3-2-4-6-12/h2-7,9,13H,8,10-11H2,1H3,(H,20,26)(H,21,22,23)/t13-/m0/s1. The fourth-order valence-corrected chi connectivity index (χ4v) is 3.13. The predicted octanol–water partition coefficient (Wildman–Crippen LogP) is 0.757. The molecule has 9 nitrogen and oxygen atoms in total. The molecule has 27 heavy (non-hydrogen) atoms. The molecule has 1 atom stereocenters. The molecule has 2 N–H and O–H groups in total. The minimum Gasteiger partial charge on any atom is -0.337 e. The van der Waals surface area contributed by atoms with Crippen LogP contribution in [-0.2, 0) is 17.8 Å². The number of aromatic nitrogens is 5. The Morgan fingerprint density at radius 3 is 2.93 bits per heavy atom. The highest BCUT2D eigenvalue weighted by molar-refractivity contribution is 6.00. The number of benzene rings is 1. The zero-order valence-corrected chi connectivity index (χ0v) is 14.8. The molecule has 4 rings (SSSR count). The van der Waals surface area contributed by atoms with Gasteiger partial charge in [-0.1, -0.05) is 30.3 Å². The number of hydrogen-bond acceptors (Lipinski definition) is 5. The van der Waals surface area contributed by atoms with Gasteiger partial charge in [-0.05, 0) is 12.0 Å². The first-order valence-corrected chi connectivity index (χ1v) is 8.67. The van der Waals surface area contributed by atoms with E-state index >= 15 is 0 Å². The molecule has 3 aromatic rings. The van der Waals surface area contributed by atoms with Gasteiger partial charge < -0.3 is 5.32 Å². The predicted molar refractivity (Wildman–Crippen MR) is 97.1 cm³/mol. The highest BCUT2D eigenvalue weighted by Crippen LogP contribution is 2.18. The number of nitrogens with one attached hydrogen (secondary N) is 2. The van der Waals surface area contributed by atoms with Crippen molar-refractivity contribution in [2.75, 3.05) is 11.9 Å². The van der Waals surface area contributed by atoms with E-state index in [2.05, 4.69) is 25.6 Å². The number of nitrogens with zero attached hydrogens (tertiary/aromatic N) is 5. The van der Waals surface area contributed by atoms with Gasteiger partial charge in [0.15, 0.2) is 0 Å². The monoisotopic (exact) mass is 365 g/mol. The molecule has 0 unspecified atom stereocenters. The minimum atomic E-state index is -0.653. The number of carbonyl (C=O) groups excluding carboxylic acids is 2. The van der Waals surface area contributed by atoms with Crippen LogP contribution in [0.2, 0.25) is 0 Å². The molecule has 0 saturated heterocycles. The van der Waals surface area contributed by atoms with Crippen LogP contribution in [0.1, 0.15) is 28.4 Å². The lowest BCUT2D eigenvalue weighted by molar-refractivity contribution is -0.120. The average molecular weight is 365 g/mol. The quantitative estimate of drug-likeness (QED) is 0.709. The summed E-state index contributed by atoms with van der Waals surface area (Å²) in [4.78, 5) is 30.9. The summed E-state index contributed by atoms with van der Waals surface area (Å²) >= 11 is 0. The summed E-state index contributed by atoms with van der Waals surface area (Å²) in [5.74, 6) is 0.661. The van der Waals surface area contributed by atoms with E-state index in [1.807, 2.05) is 30.3 Å². The van der Waals surface area contributed by atoms with Crippen LogP contribution in [-0.4, -0.2) is 49.9 Å². The van der Waals surface area contributed by atoms with Crippen LogP contribution in [0.15, 0.2) is 42.6 Å². The Morgan fingerprint density at radius 2 is 2.11 bits per heavy atom. The first-order chi connectivity index (χ1) is 13.1. The number of H-pyrrole nitrogens is 1. The van der Waals surface area contributed by atoms with Gasteiger partial charge in [0.2, 0.25) is 5.82 Å². The number of aryl methyl sites for hydroxylation is 1. The molecule has 0 fully saturated rings. The maximum Gasteiger partial charge on any atom is 0.291 e. The van der Waals surface area contributed by atoms with Gasteiger partial charge >= 0.3 is 0 Å². The Hall–Kier alpha value is -3.49. The fourth-order valence-electron chi connectivity index (χ4n) is 3.13. The van der Waals surface area contributed by atoms with Gasteiger partial charge in [0.25, 0.3) is 11.8 Å². The molecule has 0 spiro atoms. The van der Waals surface area contributed by atoms with Crippen LogP contribution < -0.4 is 10.2 Å². The van der Waals surface area contributed by atoms with E-state index in [0.717, 1.165) is 5.56 Å². The first kappa shape index (κ1) is 17.0. The molecule has 9 heteroatoms. The average Bonchev–Trinajstić information content (AvgIpc) is 3.32. The number of aromatic amines is 1. The van der Waals surface area contributed by atoms with E-state index in [0.29, 0.717) is 31.0 Å². The summed E-state index contributed by atoms with van der Waals surface area (Å²) in [5.41, 5.74) is 1.07. The molecule has 1 aliphatic rings. The Kier molecular flexibility index (Phi) is 4.41. The molecule has 0 aliphatic carbocycles. The summed E-state index contributed by atoms with van der Waals surface area (Å²) in [6, 6.07) is 10.9. The van der Waals surface area contributed by atoms with Crippen molar-refractivity contribution < 1.29 is 9.59 Å². The number of rotatable bonds is 4. The summed E-state index contributed by atoms with van der Waals surface area (Å²) in [7, 11) is 1.67. The van der Waals surface area contributed by atoms with Crippen molar-refractivity contribution in [1.82, 2.24) is 30.3 Å². The molecule has 0 saturated carbocycles. The summed E-state index contributed by atoms with van der Waals surface area (Å²) in [6.07, 6.45) is 2.65. The summed E-state index contributed by atoms with van der Waals surface area (Å²) < 4.78 is 1.74. The van der Waals surface area contributed by atoms with Crippen molar-refractivity contribution >= 4 is 17.6 Å². The van der Waals surface area contributed by atoms with E-state index < -0.39 is 11.9 Å². The van der Waals surface area contributed by atoms with Gasteiger partial charge in [-0.25, -0.2) is 9.67 Å². The van der Waals surface area contributed by atoms with E-state index in [9.17, 15) is 9.59 Å². The second-order valence-corrected chi connectivity index (χ2v) is 6.39. The maximum absolute atomic E-state index is 12.6. The van der Waals surface area contributed by atoms with Crippen molar-refractivity contribution in [3.63, 3.8) is 0 Å². The molecule has 3 heterocycles. The maximum atomic E-state index is 12.6. The Bertz CT molecular complexity index is 963. The fraction of sp³-hybridized carbons (Fsp3) is 0.278. The zero-order valence-electron chi connectivity index (χ0n) is 14.8. The lowest BCUT2D eigenvalue weighted by Gasteiger charge is -2.19. The van der Waals surface area contributed by atoms with E-state index in [4.69, 9.17) is 0 Å². The lowest BCUT2D eigenvalue weighted by Crippen LogP contribution is -2.47. The van der Waals surface area contributed by atoms with Crippen LogP contribution in [0.4, 0.5) is 5.82 Å². The third-order valence-corrected chi connectivity index (χ3v) is 4.55. The van der Waals surface area contributed by atoms with Crippen LogP contribution in [0.5, 0.6) is 0 Å². The number of anilines is 1. The van der Waals surface area contributed by atoms with Crippen LogP contribution in [0, 0.1) is 0 Å². The van der Waals surface area contributed by atoms with Crippen molar-refractivity contribution in [2.45, 2.75) is 25.4 Å². The molecule has 0 radical (unpaired) electrons. The second-order valence-electron chi connectivity index (χ2n) is 6.39. The molecule has 2 amide bonds. The summed E-state index contributed by atoms with van der Waals surface area (Å²) in [5, 5.41) is 13.7. The normalized spacial score (nSPS) is 16.7. The molecule has 0 bridgehead atoms. The third-order valence-electron chi connectivity index (χ3n) is 4.55. The van der Waals surface area contributed by atoms with Crippen LogP contribution in [0.3, 0.4) is 0 Å². The van der Waals surface area contributed by atoms with Crippen molar-refractivity contribution in [1.29, 1.82) is 0 Å². The molecular formula is C18H19N7O2. The summed E-state index contributed by atoms with van der Waals surface area (Å²) in [6.45, 7) is 0.538. The molecule has 138 valence electrons. The smallest absolute Gasteiger partial charge is 0.291 e. The van der Waals surface area contributed by atoms with Crippen LogP contribution in [0.25, 0.3) is 0 Å². The Balaban J connectivity index is 1.43. The number of hydrogen-bond donors (Lipinski definition) is 2. The van der Waals surface area contributed by atoms with Gasteiger partial charge in [-0.3, -0.25) is 19.6 Å². The van der Waals surface area contributed by atoms with Crippen molar-refractivity contribution in [3.05, 3.63) is 59.8 Å². The molecule has 2 aromatic heterocycles. The number of fused-ring (bicyclic) bond motifs is 1. The SMILES string of the molecule is CN1C(=O)[C@@H](NC(=O)c2n[nH]c(Cc3ccccc3)n2)CCn2nccc21. The largest absolute Gasteiger partial charge is 0.337 e. The lowest BCUT2D eigenvalue weighted by atomic mass is 10.1. The first-order valence-electron chi connectivity index (χ1n) is 8.67. The van der Waals surface area contributed by atoms with Gasteiger partial charge in [0, 0.05) is 26.1 Å². The van der Waals surface area contributed by atoms with Crippen molar-refractivity contribution in [3.8, 4) is 0 Å². The molecule has 1 aromatic carbocycles. The Morgan fingerprint density at radius 1 is 1.30 bits per heavy atom. The third kappa shape index (κ3) is 3.43. The zero-order chi connectivity index (χ0) is 18.8. The number of likely N-dealkylation sites (N-methyl/N-ethyl adjacent to an activating group) is 1. The number of carbonyl (C=O) groups is 2. The highest BCUT2D eigenvalue weighted by atomic mass is 16.2. The van der Waals surface area contributed by atoms with Crippen LogP contribution >= 0.6 is 0 Å². The second kappa shape index (κ2) is 7.02. The van der Waals surface area contributed by atoms with Crippen molar-refractivity contribution in [2.24, 2.45) is 0 Å². The highest BCUT2D eigenvalue weighted by Gasteiger charge is 2.30. The van der Waals surface area contributed by atoms with E-state index in [1.54, 1.807) is 24.0 Å². The number of amides is 2.